The van der Waals surface area contributed by atoms with Crippen LogP contribution in [0.15, 0.2) is 91.0 Å². The number of aliphatic carboxylic acids is 1. The van der Waals surface area contributed by atoms with E-state index in [2.05, 4.69) is 0 Å². The first kappa shape index (κ1) is 21.3. The van der Waals surface area contributed by atoms with Gasteiger partial charge in [-0.25, -0.2) is 4.79 Å². The zero-order chi connectivity index (χ0) is 22.8. The summed E-state index contributed by atoms with van der Waals surface area (Å²) in [6.45, 7) is 0. The van der Waals surface area contributed by atoms with E-state index < -0.39 is 17.9 Å². The third-order valence-electron chi connectivity index (χ3n) is 6.96. The predicted octanol–water partition coefficient (Wildman–Crippen LogP) is 4.73. The molecule has 1 N–H and O–H groups in total. The Morgan fingerprint density at radius 2 is 1.36 bits per heavy atom. The summed E-state index contributed by atoms with van der Waals surface area (Å²) < 4.78 is 6.23. The van der Waals surface area contributed by atoms with Crippen LogP contribution >= 0.6 is 0 Å². The van der Waals surface area contributed by atoms with Crippen molar-refractivity contribution in [3.05, 3.63) is 102 Å². The highest BCUT2D eigenvalue weighted by Crippen LogP contribution is 2.44. The minimum atomic E-state index is -0.959. The summed E-state index contributed by atoms with van der Waals surface area (Å²) in [6, 6.07) is 27.7. The van der Waals surface area contributed by atoms with E-state index >= 15 is 0 Å². The highest BCUT2D eigenvalue weighted by atomic mass is 16.5. The third kappa shape index (κ3) is 4.11. The fourth-order valence-electron chi connectivity index (χ4n) is 5.52. The average molecular weight is 442 g/mol. The predicted molar refractivity (Wildman–Crippen MR) is 125 cm³/mol. The third-order valence-corrected chi connectivity index (χ3v) is 6.96. The molecule has 6 rings (SSSR count). The SMILES string of the molecule is O=C(O)[C@@H]1[C@H]2CCC(CC2Oc2ccccc2)N1C(=O)C(c1ccccc1)c1ccccc1. The van der Waals surface area contributed by atoms with E-state index in [4.69, 9.17) is 4.74 Å². The number of benzene rings is 3. The molecule has 5 heteroatoms. The van der Waals surface area contributed by atoms with Gasteiger partial charge in [-0.1, -0.05) is 78.9 Å². The monoisotopic (exact) mass is 441 g/mol. The van der Waals surface area contributed by atoms with E-state index in [1.807, 2.05) is 91.0 Å². The van der Waals surface area contributed by atoms with Crippen molar-refractivity contribution in [2.75, 3.05) is 0 Å². The van der Waals surface area contributed by atoms with Crippen LogP contribution in [0.4, 0.5) is 0 Å². The van der Waals surface area contributed by atoms with Gasteiger partial charge in [-0.2, -0.15) is 0 Å². The Hall–Kier alpha value is -3.60. The molecule has 0 spiro atoms. The van der Waals surface area contributed by atoms with E-state index in [9.17, 15) is 14.7 Å². The maximum Gasteiger partial charge on any atom is 0.326 e. The fourth-order valence-corrected chi connectivity index (χ4v) is 5.52. The van der Waals surface area contributed by atoms with Crippen LogP contribution in [-0.2, 0) is 9.59 Å². The Kier molecular flexibility index (Phi) is 5.86. The van der Waals surface area contributed by atoms with Crippen molar-refractivity contribution in [2.24, 2.45) is 5.92 Å². The smallest absolute Gasteiger partial charge is 0.326 e. The van der Waals surface area contributed by atoms with Crippen LogP contribution in [0.3, 0.4) is 0 Å². The molecule has 3 aliphatic rings. The van der Waals surface area contributed by atoms with Crippen LogP contribution in [0.25, 0.3) is 0 Å². The quantitative estimate of drug-likeness (QED) is 0.601. The summed E-state index contributed by atoms with van der Waals surface area (Å²) in [5.74, 6) is -1.15. The maximum atomic E-state index is 14.1. The summed E-state index contributed by atoms with van der Waals surface area (Å²) in [5, 5.41) is 10.2. The Labute approximate surface area is 193 Å². The van der Waals surface area contributed by atoms with Crippen molar-refractivity contribution in [3.8, 4) is 5.75 Å². The number of fused-ring (bicyclic) bond motifs is 3. The van der Waals surface area contributed by atoms with Crippen LogP contribution < -0.4 is 4.74 Å². The second kappa shape index (κ2) is 9.10. The topological polar surface area (TPSA) is 66.8 Å². The first-order valence-electron chi connectivity index (χ1n) is 11.5. The van der Waals surface area contributed by atoms with Crippen molar-refractivity contribution in [1.29, 1.82) is 0 Å². The van der Waals surface area contributed by atoms with Gasteiger partial charge in [-0.3, -0.25) is 4.79 Å². The number of para-hydroxylation sites is 1. The zero-order valence-corrected chi connectivity index (χ0v) is 18.3. The van der Waals surface area contributed by atoms with Crippen molar-refractivity contribution in [1.82, 2.24) is 4.90 Å². The molecule has 1 aliphatic carbocycles. The van der Waals surface area contributed by atoms with E-state index in [0.717, 1.165) is 29.7 Å². The molecule has 0 radical (unpaired) electrons. The molecular formula is C28H27NO4. The van der Waals surface area contributed by atoms with Crippen molar-refractivity contribution in [2.45, 2.75) is 43.4 Å². The second-order valence-electron chi connectivity index (χ2n) is 8.88. The molecule has 3 aromatic rings. The number of carbonyl (C=O) groups excluding carboxylic acids is 1. The molecular weight excluding hydrogens is 414 g/mol. The van der Waals surface area contributed by atoms with Crippen LogP contribution in [0.1, 0.15) is 36.3 Å². The number of carboxylic acids is 1. The molecule has 4 atom stereocenters. The molecule has 0 aromatic heterocycles. The van der Waals surface area contributed by atoms with Gasteiger partial charge in [0.1, 0.15) is 17.9 Å². The lowest BCUT2D eigenvalue weighted by molar-refractivity contribution is -0.170. The molecule has 5 nitrogen and oxygen atoms in total. The molecule has 2 unspecified atom stereocenters. The van der Waals surface area contributed by atoms with Gasteiger partial charge in [-0.15, -0.1) is 0 Å². The lowest BCUT2D eigenvalue weighted by Crippen LogP contribution is -2.66. The number of hydrogen-bond donors (Lipinski definition) is 1. The molecule has 2 aliphatic heterocycles. The fraction of sp³-hybridized carbons (Fsp3) is 0.286. The van der Waals surface area contributed by atoms with Crippen LogP contribution in [0.2, 0.25) is 0 Å². The van der Waals surface area contributed by atoms with Gasteiger partial charge in [0.25, 0.3) is 0 Å². The summed E-state index contributed by atoms with van der Waals surface area (Å²) in [5.41, 5.74) is 1.74. The number of rotatable bonds is 6. The van der Waals surface area contributed by atoms with Gasteiger partial charge in [-0.05, 0) is 36.1 Å². The van der Waals surface area contributed by atoms with Gasteiger partial charge in [0.2, 0.25) is 5.91 Å². The standard InChI is InChI=1S/C28H27NO4/c30-27(25(19-10-4-1-5-11-19)20-12-6-2-7-13-20)29-21-16-17-23(26(29)28(31)32)24(18-21)33-22-14-8-3-9-15-22/h1-15,21,23-26H,16-18H2,(H,31,32)/t21?,23-,24?,26-/m0/s1. The summed E-state index contributed by atoms with van der Waals surface area (Å²) in [6.07, 6.45) is 1.96. The number of piperidine rings is 2. The highest BCUT2D eigenvalue weighted by molar-refractivity contribution is 5.91. The highest BCUT2D eigenvalue weighted by Gasteiger charge is 2.54. The lowest BCUT2D eigenvalue weighted by atomic mass is 9.71. The van der Waals surface area contributed by atoms with Crippen molar-refractivity contribution in [3.63, 3.8) is 0 Å². The van der Waals surface area contributed by atoms with E-state index in [1.165, 1.54) is 0 Å². The van der Waals surface area contributed by atoms with E-state index in [-0.39, 0.29) is 24.0 Å². The summed E-state index contributed by atoms with van der Waals surface area (Å²) in [7, 11) is 0. The minimum absolute atomic E-state index is 0.146. The number of carboxylic acid groups (broad SMARTS) is 1. The molecule has 1 saturated carbocycles. The van der Waals surface area contributed by atoms with Crippen LogP contribution in [-0.4, -0.2) is 40.1 Å². The largest absolute Gasteiger partial charge is 0.490 e. The second-order valence-corrected chi connectivity index (χ2v) is 8.88. The van der Waals surface area contributed by atoms with Crippen molar-refractivity contribution >= 4 is 11.9 Å². The molecule has 2 heterocycles. The maximum absolute atomic E-state index is 14.1. The molecule has 3 aromatic carbocycles. The van der Waals surface area contributed by atoms with Gasteiger partial charge >= 0.3 is 5.97 Å². The number of ether oxygens (including phenoxy) is 1. The molecule has 2 saturated heterocycles. The van der Waals surface area contributed by atoms with Gasteiger partial charge in [0.15, 0.2) is 0 Å². The Balaban J connectivity index is 1.48. The molecule has 33 heavy (non-hydrogen) atoms. The molecule has 2 bridgehead atoms. The first-order chi connectivity index (χ1) is 16.1. The van der Waals surface area contributed by atoms with E-state index in [1.54, 1.807) is 4.90 Å². The first-order valence-corrected chi connectivity index (χ1v) is 11.5. The Morgan fingerprint density at radius 3 is 1.91 bits per heavy atom. The van der Waals surface area contributed by atoms with Gasteiger partial charge in [0, 0.05) is 18.4 Å². The van der Waals surface area contributed by atoms with E-state index in [0.29, 0.717) is 6.42 Å². The van der Waals surface area contributed by atoms with Crippen LogP contribution in [0, 0.1) is 5.92 Å². The zero-order valence-electron chi connectivity index (χ0n) is 18.3. The number of amides is 1. The summed E-state index contributed by atoms with van der Waals surface area (Å²) in [4.78, 5) is 28.3. The van der Waals surface area contributed by atoms with Crippen molar-refractivity contribution < 1.29 is 19.4 Å². The number of carbonyl (C=O) groups is 2. The van der Waals surface area contributed by atoms with Gasteiger partial charge in [0.05, 0.1) is 5.92 Å². The average Bonchev–Trinajstić information content (AvgIpc) is 2.86. The molecule has 3 fully saturated rings. The Morgan fingerprint density at radius 1 is 0.818 bits per heavy atom. The number of hydrogen-bond acceptors (Lipinski definition) is 3. The number of nitrogens with zero attached hydrogens (tertiary/aromatic N) is 1. The molecule has 1 amide bonds. The molecule has 168 valence electrons. The van der Waals surface area contributed by atoms with Gasteiger partial charge < -0.3 is 14.7 Å². The summed E-state index contributed by atoms with van der Waals surface area (Å²) >= 11 is 0. The normalized spacial score (nSPS) is 24.0. The Bertz CT molecular complexity index is 1060. The lowest BCUT2D eigenvalue weighted by Gasteiger charge is -2.53. The minimum Gasteiger partial charge on any atom is -0.490 e. The van der Waals surface area contributed by atoms with Crippen LogP contribution in [0.5, 0.6) is 5.75 Å².